The molecule has 0 fully saturated rings. The molecule has 1 aromatic heterocycles. The van der Waals surface area contributed by atoms with E-state index in [0.717, 1.165) is 4.73 Å². The summed E-state index contributed by atoms with van der Waals surface area (Å²) in [6.07, 6.45) is 1.47. The number of anilines is 1. The molecule has 1 rings (SSSR count). The molecule has 0 bridgehead atoms. The SMILES string of the molecule is CCOn1ccc(NOC)nc1=O. The van der Waals surface area contributed by atoms with Crippen molar-refractivity contribution in [2.45, 2.75) is 6.92 Å². The molecule has 0 saturated carbocycles. The summed E-state index contributed by atoms with van der Waals surface area (Å²) >= 11 is 0. The van der Waals surface area contributed by atoms with Gasteiger partial charge in [0, 0.05) is 6.07 Å². The van der Waals surface area contributed by atoms with Gasteiger partial charge in [-0.2, -0.15) is 4.98 Å². The van der Waals surface area contributed by atoms with Crippen LogP contribution in [0.4, 0.5) is 5.82 Å². The number of hydrogen-bond acceptors (Lipinski definition) is 5. The normalized spacial score (nSPS) is 9.69. The molecule has 0 radical (unpaired) electrons. The lowest BCUT2D eigenvalue weighted by Gasteiger charge is -2.05. The van der Waals surface area contributed by atoms with Crippen LogP contribution in [0.1, 0.15) is 6.92 Å². The summed E-state index contributed by atoms with van der Waals surface area (Å²) in [4.78, 5) is 24.3. The lowest BCUT2D eigenvalue weighted by Crippen LogP contribution is -2.28. The van der Waals surface area contributed by atoms with Crippen molar-refractivity contribution in [1.29, 1.82) is 0 Å². The van der Waals surface area contributed by atoms with E-state index < -0.39 is 5.69 Å². The van der Waals surface area contributed by atoms with Crippen molar-refractivity contribution in [3.05, 3.63) is 22.7 Å². The molecule has 0 aliphatic carbocycles. The molecular weight excluding hydrogens is 174 g/mol. The monoisotopic (exact) mass is 185 g/mol. The van der Waals surface area contributed by atoms with E-state index in [-0.39, 0.29) is 0 Å². The van der Waals surface area contributed by atoms with Gasteiger partial charge in [-0.05, 0) is 6.92 Å². The third-order valence-electron chi connectivity index (χ3n) is 1.25. The summed E-state index contributed by atoms with van der Waals surface area (Å²) < 4.78 is 1.06. The summed E-state index contributed by atoms with van der Waals surface area (Å²) in [6.45, 7) is 2.20. The number of rotatable bonds is 4. The molecule has 1 aromatic rings. The number of nitrogens with zero attached hydrogens (tertiary/aromatic N) is 2. The van der Waals surface area contributed by atoms with Crippen molar-refractivity contribution in [3.8, 4) is 0 Å². The quantitative estimate of drug-likeness (QED) is 0.650. The largest absolute Gasteiger partial charge is 0.410 e. The van der Waals surface area contributed by atoms with Crippen LogP contribution in [-0.2, 0) is 4.84 Å². The zero-order valence-corrected chi connectivity index (χ0v) is 7.48. The highest BCUT2D eigenvalue weighted by molar-refractivity contribution is 5.28. The fraction of sp³-hybridized carbons (Fsp3) is 0.429. The van der Waals surface area contributed by atoms with E-state index in [1.54, 1.807) is 13.0 Å². The summed E-state index contributed by atoms with van der Waals surface area (Å²) in [5.41, 5.74) is 1.96. The Balaban J connectivity index is 2.85. The van der Waals surface area contributed by atoms with Gasteiger partial charge < -0.3 is 4.84 Å². The lowest BCUT2D eigenvalue weighted by atomic mass is 10.6. The van der Waals surface area contributed by atoms with Gasteiger partial charge in [0.1, 0.15) is 6.61 Å². The smallest absolute Gasteiger partial charge is 0.382 e. The van der Waals surface area contributed by atoms with Crippen molar-refractivity contribution in [1.82, 2.24) is 9.71 Å². The standard InChI is InChI=1S/C7H11N3O3/c1-3-13-10-5-4-6(9-12-2)8-7(10)11/h4-5H,3H2,1-2H3,(H,8,9,11). The Morgan fingerprint density at radius 2 is 2.46 bits per heavy atom. The fourth-order valence-corrected chi connectivity index (χ4v) is 0.790. The van der Waals surface area contributed by atoms with E-state index in [2.05, 4.69) is 15.3 Å². The van der Waals surface area contributed by atoms with Gasteiger partial charge in [0.25, 0.3) is 0 Å². The maximum atomic E-state index is 11.1. The molecule has 0 amide bonds. The Labute approximate surface area is 75.0 Å². The maximum absolute atomic E-state index is 11.1. The zero-order valence-electron chi connectivity index (χ0n) is 7.48. The Morgan fingerprint density at radius 1 is 1.69 bits per heavy atom. The molecule has 0 saturated heterocycles. The van der Waals surface area contributed by atoms with Crippen molar-refractivity contribution < 1.29 is 9.68 Å². The molecule has 72 valence electrons. The van der Waals surface area contributed by atoms with E-state index >= 15 is 0 Å². The van der Waals surface area contributed by atoms with Crippen LogP contribution >= 0.6 is 0 Å². The second kappa shape index (κ2) is 4.46. The molecule has 1 N–H and O–H groups in total. The van der Waals surface area contributed by atoms with Gasteiger partial charge in [0.2, 0.25) is 0 Å². The second-order valence-electron chi connectivity index (χ2n) is 2.15. The second-order valence-corrected chi connectivity index (χ2v) is 2.15. The van der Waals surface area contributed by atoms with Crippen molar-refractivity contribution in [3.63, 3.8) is 0 Å². The highest BCUT2D eigenvalue weighted by Crippen LogP contribution is 1.95. The molecule has 0 atom stereocenters. The molecule has 0 spiro atoms. The summed E-state index contributed by atoms with van der Waals surface area (Å²) in [5.74, 6) is 0.350. The van der Waals surface area contributed by atoms with Crippen LogP contribution in [0.2, 0.25) is 0 Å². The molecule has 1 heterocycles. The zero-order chi connectivity index (χ0) is 9.68. The molecule has 0 aromatic carbocycles. The first kappa shape index (κ1) is 9.53. The van der Waals surface area contributed by atoms with E-state index in [9.17, 15) is 4.79 Å². The molecule has 6 heteroatoms. The van der Waals surface area contributed by atoms with Gasteiger partial charge in [0.05, 0.1) is 13.3 Å². The van der Waals surface area contributed by atoms with Gasteiger partial charge in [0.15, 0.2) is 5.82 Å². The summed E-state index contributed by atoms with van der Waals surface area (Å²) in [5, 5.41) is 0. The first-order valence-electron chi connectivity index (χ1n) is 3.80. The predicted molar refractivity (Wildman–Crippen MR) is 46.2 cm³/mol. The molecular formula is C7H11N3O3. The Kier molecular flexibility index (Phi) is 3.27. The van der Waals surface area contributed by atoms with Crippen LogP contribution < -0.4 is 16.0 Å². The first-order chi connectivity index (χ1) is 6.27. The van der Waals surface area contributed by atoms with Gasteiger partial charge in [-0.1, -0.05) is 0 Å². The highest BCUT2D eigenvalue weighted by atomic mass is 16.7. The van der Waals surface area contributed by atoms with Crippen LogP contribution in [0, 0.1) is 0 Å². The Bertz CT molecular complexity index is 323. The van der Waals surface area contributed by atoms with Gasteiger partial charge >= 0.3 is 5.69 Å². The minimum Gasteiger partial charge on any atom is -0.410 e. The number of hydrogen-bond donors (Lipinski definition) is 1. The van der Waals surface area contributed by atoms with Gasteiger partial charge in [-0.25, -0.2) is 10.3 Å². The average molecular weight is 185 g/mol. The predicted octanol–water partition coefficient (Wildman–Crippen LogP) is -0.335. The summed E-state index contributed by atoms with van der Waals surface area (Å²) in [7, 11) is 1.44. The van der Waals surface area contributed by atoms with E-state index in [4.69, 9.17) is 4.84 Å². The first-order valence-corrected chi connectivity index (χ1v) is 3.80. The molecule has 0 aliphatic rings. The van der Waals surface area contributed by atoms with Crippen molar-refractivity contribution in [2.24, 2.45) is 0 Å². The highest BCUT2D eigenvalue weighted by Gasteiger charge is 1.98. The number of nitrogens with one attached hydrogen (secondary N) is 1. The molecule has 6 nitrogen and oxygen atoms in total. The summed E-state index contributed by atoms with van der Waals surface area (Å²) in [6, 6.07) is 1.57. The third kappa shape index (κ3) is 2.45. The Hall–Kier alpha value is -1.56. The van der Waals surface area contributed by atoms with Crippen LogP contribution in [0.3, 0.4) is 0 Å². The third-order valence-corrected chi connectivity index (χ3v) is 1.25. The van der Waals surface area contributed by atoms with Crippen molar-refractivity contribution >= 4 is 5.82 Å². The van der Waals surface area contributed by atoms with Gasteiger partial charge in [-0.15, -0.1) is 4.73 Å². The maximum Gasteiger partial charge on any atom is 0.382 e. The minimum atomic E-state index is -0.482. The van der Waals surface area contributed by atoms with E-state index in [1.165, 1.54) is 13.3 Å². The van der Waals surface area contributed by atoms with Gasteiger partial charge in [-0.3, -0.25) is 4.84 Å². The lowest BCUT2D eigenvalue weighted by molar-refractivity contribution is 0.109. The average Bonchev–Trinajstić information content (AvgIpc) is 2.10. The molecule has 0 aliphatic heterocycles. The topological polar surface area (TPSA) is 65.4 Å². The van der Waals surface area contributed by atoms with Crippen LogP contribution in [0.15, 0.2) is 17.1 Å². The minimum absolute atomic E-state index is 0.350. The molecule has 13 heavy (non-hydrogen) atoms. The Morgan fingerprint density at radius 3 is 3.00 bits per heavy atom. The van der Waals surface area contributed by atoms with Crippen LogP contribution in [-0.4, -0.2) is 23.4 Å². The van der Waals surface area contributed by atoms with Crippen LogP contribution in [0.25, 0.3) is 0 Å². The van der Waals surface area contributed by atoms with E-state index in [0.29, 0.717) is 12.4 Å². The molecule has 0 unspecified atom stereocenters. The number of aromatic nitrogens is 2. The van der Waals surface area contributed by atoms with Crippen molar-refractivity contribution in [2.75, 3.05) is 19.2 Å². The van der Waals surface area contributed by atoms with E-state index in [1.807, 2.05) is 0 Å². The van der Waals surface area contributed by atoms with Crippen LogP contribution in [0.5, 0.6) is 0 Å². The fourth-order valence-electron chi connectivity index (χ4n) is 0.790.